The van der Waals surface area contributed by atoms with Crippen molar-refractivity contribution in [1.29, 1.82) is 5.26 Å². The minimum Gasteiger partial charge on any atom is -0.351 e. The summed E-state index contributed by atoms with van der Waals surface area (Å²) in [5, 5.41) is 12.3. The van der Waals surface area contributed by atoms with Crippen molar-refractivity contribution in [2.45, 2.75) is 19.8 Å². The Kier molecular flexibility index (Phi) is 7.28. The van der Waals surface area contributed by atoms with Gasteiger partial charge in [0.25, 0.3) is 11.5 Å². The molecule has 32 heavy (non-hydrogen) atoms. The molecule has 0 saturated carbocycles. The molecule has 0 saturated heterocycles. The normalized spacial score (nSPS) is 12.4. The molecule has 3 rings (SSSR count). The Balaban J connectivity index is 2.32. The second-order valence-electron chi connectivity index (χ2n) is 6.80. The van der Waals surface area contributed by atoms with E-state index in [1.54, 1.807) is 6.07 Å². The highest BCUT2D eigenvalue weighted by atomic mass is 32.1. The van der Waals surface area contributed by atoms with Crippen LogP contribution in [0.15, 0.2) is 47.3 Å². The predicted molar refractivity (Wildman–Crippen MR) is 116 cm³/mol. The van der Waals surface area contributed by atoms with E-state index in [1.165, 1.54) is 30.3 Å². The molecule has 0 bridgehead atoms. The quantitative estimate of drug-likeness (QED) is 0.579. The van der Waals surface area contributed by atoms with E-state index in [0.717, 1.165) is 34.5 Å². The number of hydrogen-bond acceptors (Lipinski definition) is 4. The Labute approximate surface area is 185 Å². The van der Waals surface area contributed by atoms with Gasteiger partial charge in [0.1, 0.15) is 28.2 Å². The van der Waals surface area contributed by atoms with Crippen LogP contribution >= 0.6 is 11.3 Å². The number of amides is 1. The van der Waals surface area contributed by atoms with Crippen molar-refractivity contribution in [3.05, 3.63) is 85.0 Å². The maximum atomic E-state index is 14.6. The molecule has 0 aliphatic heterocycles. The molecule has 0 aliphatic carbocycles. The topological polar surface area (TPSA) is 74.9 Å². The van der Waals surface area contributed by atoms with Crippen molar-refractivity contribution < 1.29 is 18.0 Å². The van der Waals surface area contributed by atoms with Gasteiger partial charge >= 0.3 is 0 Å². The number of aromatic nitrogens is 1. The lowest BCUT2D eigenvalue weighted by Crippen LogP contribution is -2.34. The average molecular weight is 457 g/mol. The summed E-state index contributed by atoms with van der Waals surface area (Å²) in [6.45, 7) is 2.27. The van der Waals surface area contributed by atoms with Gasteiger partial charge in [-0.25, -0.2) is 13.2 Å². The second kappa shape index (κ2) is 10.1. The van der Waals surface area contributed by atoms with Crippen molar-refractivity contribution in [3.63, 3.8) is 0 Å². The molecule has 9 heteroatoms. The van der Waals surface area contributed by atoms with E-state index in [-0.39, 0.29) is 20.5 Å². The minimum absolute atomic E-state index is 0.0874. The van der Waals surface area contributed by atoms with E-state index in [4.69, 9.17) is 0 Å². The third-order valence-electron chi connectivity index (χ3n) is 4.51. The Morgan fingerprint density at radius 2 is 1.84 bits per heavy atom. The first-order chi connectivity index (χ1) is 15.3. The summed E-state index contributed by atoms with van der Waals surface area (Å²) in [4.78, 5) is 25.8. The van der Waals surface area contributed by atoms with Crippen LogP contribution in [0.2, 0.25) is 0 Å². The summed E-state index contributed by atoms with van der Waals surface area (Å²) < 4.78 is 42.1. The van der Waals surface area contributed by atoms with Crippen LogP contribution in [0.5, 0.6) is 0 Å². The molecule has 0 aliphatic rings. The van der Waals surface area contributed by atoms with Crippen LogP contribution in [0.3, 0.4) is 0 Å². The number of nitrogens with zero attached hydrogens (tertiary/aromatic N) is 2. The lowest BCUT2D eigenvalue weighted by atomic mass is 10.2. The van der Waals surface area contributed by atoms with E-state index >= 15 is 0 Å². The van der Waals surface area contributed by atoms with E-state index in [1.807, 2.05) is 6.92 Å². The number of benzene rings is 2. The minimum atomic E-state index is -1.02. The summed E-state index contributed by atoms with van der Waals surface area (Å²) in [7, 11) is 0. The van der Waals surface area contributed by atoms with Crippen LogP contribution in [-0.2, 0) is 4.79 Å². The SMILES string of the molecule is CCCCNC(=O)/C(C#N)=c1\s/c(=C\c2ccc(F)cc2)c(=O)n1-c1ccc(F)cc1F. The van der Waals surface area contributed by atoms with Crippen LogP contribution in [0, 0.1) is 28.8 Å². The molecule has 1 amide bonds. The van der Waals surface area contributed by atoms with Crippen molar-refractivity contribution in [2.24, 2.45) is 0 Å². The van der Waals surface area contributed by atoms with E-state index < -0.39 is 28.9 Å². The number of carbonyl (C=O) groups is 1. The average Bonchev–Trinajstić information content (AvgIpc) is 3.06. The van der Waals surface area contributed by atoms with Gasteiger partial charge in [0.05, 0.1) is 10.2 Å². The van der Waals surface area contributed by atoms with Gasteiger partial charge in [-0.15, -0.1) is 11.3 Å². The molecule has 0 radical (unpaired) electrons. The molecule has 1 N–H and O–H groups in total. The number of nitrogens with one attached hydrogen (secondary N) is 1. The molecule has 1 heterocycles. The first-order valence-electron chi connectivity index (χ1n) is 9.73. The van der Waals surface area contributed by atoms with Crippen LogP contribution in [0.1, 0.15) is 25.3 Å². The Hall–Kier alpha value is -3.64. The van der Waals surface area contributed by atoms with Gasteiger partial charge in [0.2, 0.25) is 0 Å². The van der Waals surface area contributed by atoms with Gasteiger partial charge in [0.15, 0.2) is 5.57 Å². The highest BCUT2D eigenvalue weighted by Crippen LogP contribution is 2.12. The molecule has 5 nitrogen and oxygen atoms in total. The van der Waals surface area contributed by atoms with Gasteiger partial charge in [-0.2, -0.15) is 5.26 Å². The Morgan fingerprint density at radius 3 is 2.47 bits per heavy atom. The van der Waals surface area contributed by atoms with Crippen molar-refractivity contribution in [2.75, 3.05) is 6.54 Å². The molecule has 3 aromatic rings. The molecule has 0 atom stereocenters. The highest BCUT2D eigenvalue weighted by molar-refractivity contribution is 7.07. The molecule has 2 aromatic carbocycles. The van der Waals surface area contributed by atoms with Crippen LogP contribution in [0.4, 0.5) is 13.2 Å². The third-order valence-corrected chi connectivity index (χ3v) is 5.60. The summed E-state index contributed by atoms with van der Waals surface area (Å²) in [5.74, 6) is -3.02. The maximum Gasteiger partial charge on any atom is 0.273 e. The summed E-state index contributed by atoms with van der Waals surface area (Å²) in [6, 6.07) is 9.77. The third kappa shape index (κ3) is 4.98. The molecule has 0 unspecified atom stereocenters. The van der Waals surface area contributed by atoms with Crippen LogP contribution in [-0.4, -0.2) is 17.0 Å². The van der Waals surface area contributed by atoms with Crippen LogP contribution < -0.4 is 20.1 Å². The molecule has 164 valence electrons. The molecular formula is C23H18F3N3O2S. The fraction of sp³-hybridized carbons (Fsp3) is 0.174. The van der Waals surface area contributed by atoms with Crippen LogP contribution in [0.25, 0.3) is 17.3 Å². The van der Waals surface area contributed by atoms with Gasteiger partial charge in [-0.05, 0) is 42.3 Å². The van der Waals surface area contributed by atoms with E-state index in [2.05, 4.69) is 5.32 Å². The second-order valence-corrected chi connectivity index (χ2v) is 7.83. The van der Waals surface area contributed by atoms with Crippen molar-refractivity contribution >= 4 is 28.9 Å². The maximum absolute atomic E-state index is 14.6. The number of thiazole rings is 1. The summed E-state index contributed by atoms with van der Waals surface area (Å²) >= 11 is 0.813. The number of rotatable bonds is 6. The monoisotopic (exact) mass is 457 g/mol. The van der Waals surface area contributed by atoms with Gasteiger partial charge in [0, 0.05) is 12.6 Å². The Bertz CT molecular complexity index is 1370. The predicted octanol–water partition coefficient (Wildman–Crippen LogP) is 2.74. The van der Waals surface area contributed by atoms with Crippen molar-refractivity contribution in [1.82, 2.24) is 9.88 Å². The van der Waals surface area contributed by atoms with E-state index in [0.29, 0.717) is 24.6 Å². The first-order valence-corrected chi connectivity index (χ1v) is 10.5. The van der Waals surface area contributed by atoms with Gasteiger partial charge in [-0.1, -0.05) is 25.5 Å². The molecule has 1 aromatic heterocycles. The smallest absolute Gasteiger partial charge is 0.273 e. The lowest BCUT2D eigenvalue weighted by molar-refractivity contribution is -0.115. The van der Waals surface area contributed by atoms with Gasteiger partial charge < -0.3 is 5.32 Å². The zero-order valence-electron chi connectivity index (χ0n) is 17.0. The summed E-state index contributed by atoms with van der Waals surface area (Å²) in [5.41, 5.74) is -0.871. The van der Waals surface area contributed by atoms with Gasteiger partial charge in [-0.3, -0.25) is 14.2 Å². The molecule has 0 spiro atoms. The fourth-order valence-corrected chi connectivity index (χ4v) is 4.00. The molecule has 0 fully saturated rings. The number of hydrogen-bond donors (Lipinski definition) is 1. The zero-order chi connectivity index (χ0) is 23.3. The fourth-order valence-electron chi connectivity index (χ4n) is 2.90. The number of unbranched alkanes of at least 4 members (excludes halogenated alkanes) is 1. The number of carbonyl (C=O) groups excluding carboxylic acids is 1. The van der Waals surface area contributed by atoms with Crippen molar-refractivity contribution in [3.8, 4) is 11.8 Å². The largest absolute Gasteiger partial charge is 0.351 e. The standard InChI is InChI=1S/C23H18F3N3O2S/c1-2-3-10-28-21(30)17(13-27)23-29(19-9-8-16(25)12-18(19)26)22(31)20(32-23)11-14-4-6-15(24)7-5-14/h4-9,11-12H,2-3,10H2,1H3,(H,28,30)/b20-11-,23-17-. The highest BCUT2D eigenvalue weighted by Gasteiger charge is 2.18. The number of halogens is 3. The summed E-state index contributed by atoms with van der Waals surface area (Å²) in [6.07, 6.45) is 2.96. The lowest BCUT2D eigenvalue weighted by Gasteiger charge is -2.06. The van der Waals surface area contributed by atoms with E-state index in [9.17, 15) is 28.0 Å². The molecular weight excluding hydrogens is 439 g/mol. The Morgan fingerprint density at radius 1 is 1.16 bits per heavy atom. The number of nitriles is 1. The first kappa shape index (κ1) is 23.0. The zero-order valence-corrected chi connectivity index (χ0v) is 17.8.